The number of hydrogen-bond acceptors (Lipinski definition) is 5. The summed E-state index contributed by atoms with van der Waals surface area (Å²) < 4.78 is 4.71. The van der Waals surface area contributed by atoms with Crippen LogP contribution in [-0.2, 0) is 17.6 Å². The van der Waals surface area contributed by atoms with Gasteiger partial charge in [0.05, 0.1) is 17.6 Å². The first-order valence-corrected chi connectivity index (χ1v) is 7.38. The Bertz CT molecular complexity index is 773. The molecule has 3 rings (SSSR count). The highest BCUT2D eigenvalue weighted by molar-refractivity contribution is 5.89. The first-order valence-electron chi connectivity index (χ1n) is 7.38. The van der Waals surface area contributed by atoms with Gasteiger partial charge in [-0.3, -0.25) is 15.1 Å². The molecule has 118 valence electrons. The van der Waals surface area contributed by atoms with Gasteiger partial charge in [0.15, 0.2) is 0 Å². The molecule has 0 aliphatic heterocycles. The second kappa shape index (κ2) is 6.16. The molecule has 0 spiro atoms. The van der Waals surface area contributed by atoms with Gasteiger partial charge in [0, 0.05) is 24.0 Å². The van der Waals surface area contributed by atoms with Crippen LogP contribution in [0.4, 0.5) is 5.69 Å². The summed E-state index contributed by atoms with van der Waals surface area (Å²) >= 11 is 0. The number of methoxy groups -OCH3 is 1. The number of rotatable bonds is 4. The monoisotopic (exact) mass is 312 g/mol. The number of ether oxygens (including phenoxy) is 1. The van der Waals surface area contributed by atoms with Crippen LogP contribution < -0.4 is 0 Å². The lowest BCUT2D eigenvalue weighted by molar-refractivity contribution is -0.385. The number of benzene rings is 1. The molecule has 0 fully saturated rings. The molecule has 1 aliphatic rings. The van der Waals surface area contributed by atoms with Crippen molar-refractivity contribution in [2.45, 2.75) is 25.2 Å². The van der Waals surface area contributed by atoms with Crippen molar-refractivity contribution in [1.82, 2.24) is 4.98 Å². The third-order valence-corrected chi connectivity index (χ3v) is 4.26. The largest absolute Gasteiger partial charge is 0.465 e. The molecule has 0 N–H and O–H groups in total. The predicted molar refractivity (Wildman–Crippen MR) is 83.4 cm³/mol. The molecule has 0 saturated heterocycles. The van der Waals surface area contributed by atoms with E-state index in [4.69, 9.17) is 4.74 Å². The molecule has 0 bridgehead atoms. The van der Waals surface area contributed by atoms with Crippen molar-refractivity contribution in [2.24, 2.45) is 0 Å². The third-order valence-electron chi connectivity index (χ3n) is 4.26. The molecule has 0 saturated carbocycles. The van der Waals surface area contributed by atoms with Crippen molar-refractivity contribution in [3.05, 3.63) is 69.0 Å². The molecule has 6 nitrogen and oxygen atoms in total. The van der Waals surface area contributed by atoms with E-state index in [1.165, 1.54) is 13.3 Å². The number of aromatic nitrogens is 1. The minimum atomic E-state index is -0.415. The molecular formula is C17H16N2O4. The van der Waals surface area contributed by atoms with Crippen LogP contribution in [0.15, 0.2) is 36.7 Å². The zero-order valence-electron chi connectivity index (χ0n) is 12.7. The maximum absolute atomic E-state index is 11.6. The first-order chi connectivity index (χ1) is 11.1. The summed E-state index contributed by atoms with van der Waals surface area (Å²) in [4.78, 5) is 26.5. The summed E-state index contributed by atoms with van der Waals surface area (Å²) in [5, 5.41) is 11.1. The second-order valence-corrected chi connectivity index (χ2v) is 5.62. The minimum absolute atomic E-state index is 0.200. The zero-order chi connectivity index (χ0) is 16.4. The number of nitrogens with zero attached hydrogens (tertiary/aromatic N) is 2. The van der Waals surface area contributed by atoms with Gasteiger partial charge in [-0.15, -0.1) is 0 Å². The van der Waals surface area contributed by atoms with Crippen molar-refractivity contribution in [3.63, 3.8) is 0 Å². The summed E-state index contributed by atoms with van der Waals surface area (Å²) in [6.07, 6.45) is 5.47. The van der Waals surface area contributed by atoms with Crippen LogP contribution >= 0.6 is 0 Å². The number of nitro benzene ring substituents is 1. The lowest BCUT2D eigenvalue weighted by Gasteiger charge is -2.12. The topological polar surface area (TPSA) is 82.3 Å². The smallest absolute Gasteiger partial charge is 0.339 e. The summed E-state index contributed by atoms with van der Waals surface area (Å²) in [6.45, 7) is 0. The van der Waals surface area contributed by atoms with E-state index in [-0.39, 0.29) is 16.5 Å². The van der Waals surface area contributed by atoms with Gasteiger partial charge in [-0.2, -0.15) is 0 Å². The molecule has 0 radical (unpaired) electrons. The average molecular weight is 312 g/mol. The Hall–Kier alpha value is -2.76. The molecule has 1 aromatic heterocycles. The highest BCUT2D eigenvalue weighted by Gasteiger charge is 2.29. The number of hydrogen-bond donors (Lipinski definition) is 0. The quantitative estimate of drug-likeness (QED) is 0.492. The van der Waals surface area contributed by atoms with Gasteiger partial charge < -0.3 is 4.74 Å². The van der Waals surface area contributed by atoms with Crippen molar-refractivity contribution in [3.8, 4) is 0 Å². The van der Waals surface area contributed by atoms with Gasteiger partial charge in [-0.05, 0) is 42.4 Å². The van der Waals surface area contributed by atoms with E-state index in [9.17, 15) is 14.9 Å². The van der Waals surface area contributed by atoms with Gasteiger partial charge in [-0.25, -0.2) is 4.79 Å². The van der Waals surface area contributed by atoms with Crippen LogP contribution in [0.3, 0.4) is 0 Å². The lowest BCUT2D eigenvalue weighted by Crippen LogP contribution is -2.05. The van der Waals surface area contributed by atoms with Crippen LogP contribution in [0.2, 0.25) is 0 Å². The van der Waals surface area contributed by atoms with Crippen LogP contribution in [0, 0.1) is 10.1 Å². The SMILES string of the molecule is COC(=O)c1cncc(CC2CCc3c2cccc3[N+](=O)[O-])c1. The van der Waals surface area contributed by atoms with Crippen molar-refractivity contribution in [1.29, 1.82) is 0 Å². The summed E-state index contributed by atoms with van der Waals surface area (Å²) in [7, 11) is 1.33. The van der Waals surface area contributed by atoms with Gasteiger partial charge in [0.2, 0.25) is 0 Å². The van der Waals surface area contributed by atoms with Crippen molar-refractivity contribution >= 4 is 11.7 Å². The van der Waals surface area contributed by atoms with E-state index in [0.717, 1.165) is 23.1 Å². The molecule has 1 aliphatic carbocycles. The fourth-order valence-corrected chi connectivity index (χ4v) is 3.22. The first kappa shape index (κ1) is 15.1. The Morgan fingerprint density at radius 3 is 3.00 bits per heavy atom. The zero-order valence-corrected chi connectivity index (χ0v) is 12.7. The molecule has 1 aromatic carbocycles. The van der Waals surface area contributed by atoms with E-state index in [1.54, 1.807) is 24.4 Å². The second-order valence-electron chi connectivity index (χ2n) is 5.62. The summed E-state index contributed by atoms with van der Waals surface area (Å²) in [6, 6.07) is 7.02. The van der Waals surface area contributed by atoms with Crippen LogP contribution in [0.1, 0.15) is 39.4 Å². The molecule has 1 heterocycles. The molecule has 6 heteroatoms. The van der Waals surface area contributed by atoms with Gasteiger partial charge >= 0.3 is 5.97 Å². The molecule has 1 atom stereocenters. The normalized spacial score (nSPS) is 16.0. The molecular weight excluding hydrogens is 296 g/mol. The van der Waals surface area contributed by atoms with E-state index in [2.05, 4.69) is 4.98 Å². The number of pyridine rings is 1. The molecule has 0 amide bonds. The van der Waals surface area contributed by atoms with Gasteiger partial charge in [0.1, 0.15) is 0 Å². The number of carbonyl (C=O) groups is 1. The maximum Gasteiger partial charge on any atom is 0.339 e. The third kappa shape index (κ3) is 2.92. The Morgan fingerprint density at radius 1 is 1.43 bits per heavy atom. The lowest BCUT2D eigenvalue weighted by atomic mass is 9.93. The summed E-state index contributed by atoms with van der Waals surface area (Å²) in [5.41, 5.74) is 3.41. The van der Waals surface area contributed by atoms with E-state index in [1.807, 2.05) is 6.07 Å². The fourth-order valence-electron chi connectivity index (χ4n) is 3.22. The number of fused-ring (bicyclic) bond motifs is 1. The number of carbonyl (C=O) groups excluding carboxylic acids is 1. The van der Waals surface area contributed by atoms with E-state index in [0.29, 0.717) is 18.4 Å². The standard InChI is InChI=1S/C17H16N2O4/c1-23-17(20)13-8-11(9-18-10-13)7-12-5-6-15-14(12)3-2-4-16(15)19(21)22/h2-4,8-10,12H,5-7H2,1H3. The maximum atomic E-state index is 11.6. The van der Waals surface area contributed by atoms with Crippen LogP contribution in [0.25, 0.3) is 0 Å². The Balaban J connectivity index is 1.86. The number of esters is 1. The molecule has 23 heavy (non-hydrogen) atoms. The highest BCUT2D eigenvalue weighted by atomic mass is 16.6. The van der Waals surface area contributed by atoms with Crippen LogP contribution in [-0.4, -0.2) is 23.0 Å². The summed E-state index contributed by atoms with van der Waals surface area (Å²) in [5.74, 6) is -0.207. The van der Waals surface area contributed by atoms with E-state index >= 15 is 0 Å². The van der Waals surface area contributed by atoms with Gasteiger partial charge in [-0.1, -0.05) is 12.1 Å². The van der Waals surface area contributed by atoms with Crippen molar-refractivity contribution in [2.75, 3.05) is 7.11 Å². The Morgan fingerprint density at radius 2 is 2.26 bits per heavy atom. The Labute approximate surface area is 133 Å². The minimum Gasteiger partial charge on any atom is -0.465 e. The van der Waals surface area contributed by atoms with Crippen molar-refractivity contribution < 1.29 is 14.5 Å². The average Bonchev–Trinajstić information content (AvgIpc) is 2.97. The highest BCUT2D eigenvalue weighted by Crippen LogP contribution is 2.39. The Kier molecular flexibility index (Phi) is 4.06. The molecule has 1 unspecified atom stereocenters. The number of nitro groups is 1. The van der Waals surface area contributed by atoms with E-state index < -0.39 is 5.97 Å². The predicted octanol–water partition coefficient (Wildman–Crippen LogP) is 3.05. The fraction of sp³-hybridized carbons (Fsp3) is 0.294. The van der Waals surface area contributed by atoms with Gasteiger partial charge in [0.25, 0.3) is 5.69 Å². The van der Waals surface area contributed by atoms with Crippen LogP contribution in [0.5, 0.6) is 0 Å². The molecule has 2 aromatic rings.